The van der Waals surface area contributed by atoms with E-state index in [1.807, 2.05) is 31.2 Å². The van der Waals surface area contributed by atoms with E-state index in [4.69, 9.17) is 9.47 Å². The van der Waals surface area contributed by atoms with Gasteiger partial charge in [-0.1, -0.05) is 18.2 Å². The summed E-state index contributed by atoms with van der Waals surface area (Å²) in [6, 6.07) is 15.2. The highest BCUT2D eigenvalue weighted by Crippen LogP contribution is 2.32. The summed E-state index contributed by atoms with van der Waals surface area (Å²) in [4.78, 5) is 39.8. The molecule has 2 amide bonds. The monoisotopic (exact) mass is 448 g/mol. The van der Waals surface area contributed by atoms with Crippen LogP contribution in [-0.2, 0) is 17.8 Å². The molecule has 1 aliphatic heterocycles. The zero-order chi connectivity index (χ0) is 23.5. The van der Waals surface area contributed by atoms with Crippen molar-refractivity contribution in [2.75, 3.05) is 24.4 Å². The molecular weight excluding hydrogens is 424 g/mol. The van der Waals surface area contributed by atoms with E-state index >= 15 is 0 Å². The Labute approximate surface area is 190 Å². The van der Waals surface area contributed by atoms with E-state index in [-0.39, 0.29) is 24.2 Å². The van der Waals surface area contributed by atoms with Gasteiger partial charge < -0.3 is 19.7 Å². The van der Waals surface area contributed by atoms with Crippen molar-refractivity contribution >= 4 is 23.2 Å². The van der Waals surface area contributed by atoms with Gasteiger partial charge in [0, 0.05) is 41.7 Å². The summed E-state index contributed by atoms with van der Waals surface area (Å²) in [7, 11) is 3.01. The number of fused-ring (bicyclic) bond motifs is 1. The first-order valence-corrected chi connectivity index (χ1v) is 10.4. The first-order chi connectivity index (χ1) is 15.9. The first-order valence-electron chi connectivity index (χ1n) is 10.4. The molecule has 0 unspecified atom stereocenters. The first kappa shape index (κ1) is 22.1. The van der Waals surface area contributed by atoms with Crippen molar-refractivity contribution in [1.29, 1.82) is 0 Å². The van der Waals surface area contributed by atoms with Gasteiger partial charge in [-0.2, -0.15) is 5.10 Å². The molecule has 170 valence electrons. The maximum absolute atomic E-state index is 13.2. The number of hydrogen-bond acceptors (Lipinski definition) is 6. The lowest BCUT2D eigenvalue weighted by Gasteiger charge is -2.22. The number of carbonyl (C=O) groups excluding carboxylic acids is 2. The molecule has 9 nitrogen and oxygen atoms in total. The van der Waals surface area contributed by atoms with Crippen molar-refractivity contribution in [2.24, 2.45) is 0 Å². The topological polar surface area (TPSA) is 103 Å². The predicted molar refractivity (Wildman–Crippen MR) is 123 cm³/mol. The minimum Gasteiger partial charge on any atom is -0.497 e. The highest BCUT2D eigenvalue weighted by Gasteiger charge is 2.32. The molecule has 0 fully saturated rings. The van der Waals surface area contributed by atoms with E-state index in [9.17, 15) is 14.4 Å². The van der Waals surface area contributed by atoms with Crippen LogP contribution in [-0.4, -0.2) is 41.9 Å². The molecule has 0 radical (unpaired) electrons. The largest absolute Gasteiger partial charge is 0.497 e. The Morgan fingerprint density at radius 2 is 1.76 bits per heavy atom. The maximum atomic E-state index is 13.2. The zero-order valence-corrected chi connectivity index (χ0v) is 18.6. The molecule has 4 rings (SSSR count). The van der Waals surface area contributed by atoms with E-state index in [0.29, 0.717) is 17.2 Å². The summed E-state index contributed by atoms with van der Waals surface area (Å²) in [6.07, 6.45) is 0.744. The predicted octanol–water partition coefficient (Wildman–Crippen LogP) is 2.49. The van der Waals surface area contributed by atoms with Crippen LogP contribution in [0.4, 0.5) is 11.4 Å². The number of benzene rings is 2. The summed E-state index contributed by atoms with van der Waals surface area (Å²) in [5.74, 6) is 0.212. The number of amides is 2. The SMILES string of the molecule is COc1cc(NC(=O)Cn2nc(C(=O)N3c4ccccc4C[C@@H]3C)ccc2=O)cc(OC)c1. The number of hydrogen-bond donors (Lipinski definition) is 1. The second-order valence-corrected chi connectivity index (χ2v) is 7.72. The van der Waals surface area contributed by atoms with E-state index in [1.165, 1.54) is 26.4 Å². The number of methoxy groups -OCH3 is 2. The molecular formula is C24H24N4O5. The van der Waals surface area contributed by atoms with E-state index < -0.39 is 11.5 Å². The summed E-state index contributed by atoms with van der Waals surface area (Å²) >= 11 is 0. The number of aromatic nitrogens is 2. The molecule has 1 aliphatic rings. The Balaban J connectivity index is 1.54. The maximum Gasteiger partial charge on any atom is 0.278 e. The molecule has 1 N–H and O–H groups in total. The molecule has 2 heterocycles. The van der Waals surface area contributed by atoms with E-state index in [0.717, 1.165) is 22.4 Å². The van der Waals surface area contributed by atoms with E-state index in [2.05, 4.69) is 10.4 Å². The Hall–Kier alpha value is -4.14. The fourth-order valence-electron chi connectivity index (χ4n) is 3.89. The van der Waals surface area contributed by atoms with Crippen molar-refractivity contribution in [3.63, 3.8) is 0 Å². The molecule has 3 aromatic rings. The molecule has 1 atom stereocenters. The van der Waals surface area contributed by atoms with Crippen molar-refractivity contribution in [1.82, 2.24) is 9.78 Å². The third kappa shape index (κ3) is 4.57. The van der Waals surface area contributed by atoms with Crippen molar-refractivity contribution in [3.8, 4) is 11.5 Å². The van der Waals surface area contributed by atoms with Crippen LogP contribution >= 0.6 is 0 Å². The van der Waals surface area contributed by atoms with Crippen molar-refractivity contribution in [2.45, 2.75) is 25.9 Å². The average molecular weight is 448 g/mol. The lowest BCUT2D eigenvalue weighted by molar-refractivity contribution is -0.117. The molecule has 1 aromatic heterocycles. The van der Waals surface area contributed by atoms with Crippen molar-refractivity contribution < 1.29 is 19.1 Å². The number of rotatable bonds is 6. The van der Waals surface area contributed by atoms with Crippen LogP contribution in [0.1, 0.15) is 23.0 Å². The standard InChI is InChI=1S/C24H24N4O5/c1-15-10-16-6-4-5-7-21(16)28(15)24(31)20-8-9-23(30)27(26-20)14-22(29)25-17-11-18(32-2)13-19(12-17)33-3/h4-9,11-13,15H,10,14H2,1-3H3,(H,25,29)/t15-/m0/s1. The van der Waals surface area contributed by atoms with Gasteiger partial charge in [0.05, 0.1) is 14.2 Å². The number of carbonyl (C=O) groups is 2. The highest BCUT2D eigenvalue weighted by atomic mass is 16.5. The molecule has 0 saturated heterocycles. The molecule has 33 heavy (non-hydrogen) atoms. The molecule has 0 bridgehead atoms. The van der Waals surface area contributed by atoms with Gasteiger partial charge in [0.15, 0.2) is 0 Å². The third-order valence-corrected chi connectivity index (χ3v) is 5.44. The number of para-hydroxylation sites is 1. The van der Waals surface area contributed by atoms with Gasteiger partial charge in [-0.15, -0.1) is 0 Å². The minimum atomic E-state index is -0.486. The van der Waals surface area contributed by atoms with Crippen LogP contribution in [0, 0.1) is 0 Å². The second-order valence-electron chi connectivity index (χ2n) is 7.72. The van der Waals surface area contributed by atoms with Gasteiger partial charge in [-0.3, -0.25) is 14.4 Å². The summed E-state index contributed by atoms with van der Waals surface area (Å²) in [6.45, 7) is 1.61. The number of anilines is 2. The lowest BCUT2D eigenvalue weighted by atomic mass is 10.1. The van der Waals surface area contributed by atoms with Crippen LogP contribution in [0.2, 0.25) is 0 Å². The summed E-state index contributed by atoms with van der Waals surface area (Å²) in [5.41, 5.74) is 1.96. The summed E-state index contributed by atoms with van der Waals surface area (Å²) in [5, 5.41) is 6.87. The Morgan fingerprint density at radius 3 is 2.45 bits per heavy atom. The highest BCUT2D eigenvalue weighted by molar-refractivity contribution is 6.06. The van der Waals surface area contributed by atoms with Crippen LogP contribution in [0.15, 0.2) is 59.4 Å². The zero-order valence-electron chi connectivity index (χ0n) is 18.6. The van der Waals surface area contributed by atoms with Gasteiger partial charge in [0.2, 0.25) is 5.91 Å². The lowest BCUT2D eigenvalue weighted by Crippen LogP contribution is -2.38. The van der Waals surface area contributed by atoms with E-state index in [1.54, 1.807) is 23.1 Å². The Morgan fingerprint density at radius 1 is 1.06 bits per heavy atom. The van der Waals surface area contributed by atoms with Gasteiger partial charge in [0.1, 0.15) is 23.7 Å². The molecule has 0 aliphatic carbocycles. The molecule has 9 heteroatoms. The smallest absolute Gasteiger partial charge is 0.278 e. The van der Waals surface area contributed by atoms with Crippen molar-refractivity contribution in [3.05, 3.63) is 76.2 Å². The van der Waals surface area contributed by atoms with Gasteiger partial charge in [-0.05, 0) is 31.0 Å². The number of nitrogens with one attached hydrogen (secondary N) is 1. The Kier molecular flexibility index (Phi) is 6.12. The van der Waals surface area contributed by atoms with Gasteiger partial charge >= 0.3 is 0 Å². The van der Waals surface area contributed by atoms with Crippen LogP contribution in [0.3, 0.4) is 0 Å². The molecule has 0 spiro atoms. The fraction of sp³-hybridized carbons (Fsp3) is 0.250. The van der Waals surface area contributed by atoms with Crippen LogP contribution in [0.25, 0.3) is 0 Å². The quantitative estimate of drug-likeness (QED) is 0.622. The second kappa shape index (κ2) is 9.15. The molecule has 0 saturated carbocycles. The minimum absolute atomic E-state index is 0.0385. The summed E-state index contributed by atoms with van der Waals surface area (Å²) < 4.78 is 11.4. The average Bonchev–Trinajstić information content (AvgIpc) is 3.15. The van der Waals surface area contributed by atoms with Gasteiger partial charge in [-0.25, -0.2) is 4.68 Å². The number of nitrogens with zero attached hydrogens (tertiary/aromatic N) is 3. The third-order valence-electron chi connectivity index (χ3n) is 5.44. The van der Waals surface area contributed by atoms with Crippen LogP contribution < -0.4 is 25.2 Å². The van der Waals surface area contributed by atoms with Gasteiger partial charge in [0.25, 0.3) is 11.5 Å². The fourth-order valence-corrected chi connectivity index (χ4v) is 3.89. The van der Waals surface area contributed by atoms with Crippen LogP contribution in [0.5, 0.6) is 11.5 Å². The number of ether oxygens (including phenoxy) is 2. The normalized spacial score (nSPS) is 14.5. The molecule has 2 aromatic carbocycles. The Bertz CT molecular complexity index is 1250.